The minimum Gasteiger partial charge on any atom is -0.369 e. The lowest BCUT2D eigenvalue weighted by atomic mass is 10.6. The molecular formula is C3H7Cl3N6. The Morgan fingerprint density at radius 3 is 2.50 bits per heavy atom. The van der Waals surface area contributed by atoms with Gasteiger partial charge in [-0.3, -0.25) is 11.5 Å². The maximum Gasteiger partial charge on any atom is 0.259 e. The molecule has 2 atom stereocenters. The molecule has 9 heteroatoms. The van der Waals surface area contributed by atoms with Gasteiger partial charge in [-0.2, -0.15) is 0 Å². The molecule has 0 saturated carbocycles. The van der Waals surface area contributed by atoms with E-state index >= 15 is 0 Å². The summed E-state index contributed by atoms with van der Waals surface area (Å²) >= 11 is 16.8. The molecule has 1 heterocycles. The van der Waals surface area contributed by atoms with Gasteiger partial charge >= 0.3 is 0 Å². The standard InChI is InChI=1S/C3H7Cl3N6/c4-3(9)11(5)1(7)10-2(8)12(3)6/h1H,7,9H2,(H2,8,10). The first-order chi connectivity index (χ1) is 5.37. The second kappa shape index (κ2) is 3.06. The van der Waals surface area contributed by atoms with Crippen molar-refractivity contribution < 1.29 is 0 Å². The van der Waals surface area contributed by atoms with Crippen LogP contribution in [-0.2, 0) is 0 Å². The summed E-state index contributed by atoms with van der Waals surface area (Å²) < 4.78 is 1.63. The van der Waals surface area contributed by atoms with Gasteiger partial charge in [0.2, 0.25) is 5.96 Å². The average molecular weight is 233 g/mol. The van der Waals surface area contributed by atoms with Crippen LogP contribution >= 0.6 is 35.2 Å². The molecule has 0 aromatic heterocycles. The van der Waals surface area contributed by atoms with Gasteiger partial charge in [-0.1, -0.05) is 11.6 Å². The molecule has 0 aromatic carbocycles. The molecule has 1 aliphatic rings. The van der Waals surface area contributed by atoms with Gasteiger partial charge in [-0.25, -0.2) is 9.41 Å². The van der Waals surface area contributed by atoms with Crippen molar-refractivity contribution in [2.45, 2.75) is 11.5 Å². The Morgan fingerprint density at radius 1 is 1.50 bits per heavy atom. The Bertz CT molecular complexity index is 216. The molecule has 6 N–H and O–H groups in total. The van der Waals surface area contributed by atoms with Crippen molar-refractivity contribution in [1.29, 1.82) is 0 Å². The summed E-state index contributed by atoms with van der Waals surface area (Å²) in [6, 6.07) is 0. The van der Waals surface area contributed by atoms with E-state index in [1.165, 1.54) is 0 Å². The Hall–Kier alpha value is 0.0200. The number of hydrogen-bond donors (Lipinski definition) is 3. The molecular weight excluding hydrogens is 226 g/mol. The molecule has 1 rings (SSSR count). The summed E-state index contributed by atoms with van der Waals surface area (Å²) in [4.78, 5) is 3.64. The van der Waals surface area contributed by atoms with Crippen molar-refractivity contribution in [2.75, 3.05) is 0 Å². The lowest BCUT2D eigenvalue weighted by Gasteiger charge is -2.40. The topological polar surface area (TPSA) is 96.9 Å². The minimum atomic E-state index is -1.67. The van der Waals surface area contributed by atoms with E-state index in [9.17, 15) is 0 Å². The molecule has 1 aliphatic heterocycles. The molecule has 0 bridgehead atoms. The van der Waals surface area contributed by atoms with E-state index in [1.807, 2.05) is 0 Å². The Balaban J connectivity index is 3.00. The summed E-state index contributed by atoms with van der Waals surface area (Å²) in [6.07, 6.45) is -0.913. The highest BCUT2D eigenvalue weighted by Gasteiger charge is 2.44. The van der Waals surface area contributed by atoms with Gasteiger partial charge in [-0.15, -0.1) is 4.42 Å². The number of halogens is 3. The van der Waals surface area contributed by atoms with Gasteiger partial charge in [0, 0.05) is 11.8 Å². The van der Waals surface area contributed by atoms with Crippen molar-refractivity contribution in [1.82, 2.24) is 8.84 Å². The van der Waals surface area contributed by atoms with Gasteiger partial charge in [0.25, 0.3) is 5.25 Å². The Kier molecular flexibility index (Phi) is 2.57. The zero-order valence-electron chi connectivity index (χ0n) is 5.78. The number of guanidine groups is 1. The third kappa shape index (κ3) is 1.41. The highest BCUT2D eigenvalue weighted by Crippen LogP contribution is 2.28. The lowest BCUT2D eigenvalue weighted by Crippen LogP contribution is -2.67. The molecule has 0 spiro atoms. The van der Waals surface area contributed by atoms with Gasteiger partial charge in [0.15, 0.2) is 6.29 Å². The van der Waals surface area contributed by atoms with E-state index in [1.54, 1.807) is 0 Å². The Morgan fingerprint density at radius 2 is 2.00 bits per heavy atom. The van der Waals surface area contributed by atoms with Crippen LogP contribution in [0.5, 0.6) is 0 Å². The quantitative estimate of drug-likeness (QED) is 0.291. The van der Waals surface area contributed by atoms with Crippen LogP contribution in [-0.4, -0.2) is 26.3 Å². The fourth-order valence-electron chi connectivity index (χ4n) is 0.667. The summed E-state index contributed by atoms with van der Waals surface area (Å²) in [5, 5.41) is -1.67. The van der Waals surface area contributed by atoms with Crippen molar-refractivity contribution >= 4 is 41.1 Å². The smallest absolute Gasteiger partial charge is 0.259 e. The highest BCUT2D eigenvalue weighted by atomic mass is 35.5. The molecule has 0 fully saturated rings. The molecule has 0 amide bonds. The van der Waals surface area contributed by atoms with Crippen LogP contribution in [0.25, 0.3) is 0 Å². The normalized spacial score (nSPS) is 38.2. The van der Waals surface area contributed by atoms with Crippen LogP contribution < -0.4 is 17.2 Å². The van der Waals surface area contributed by atoms with Crippen molar-refractivity contribution in [3.05, 3.63) is 0 Å². The van der Waals surface area contributed by atoms with Crippen LogP contribution in [0.1, 0.15) is 0 Å². The van der Waals surface area contributed by atoms with E-state index in [0.717, 1.165) is 8.84 Å². The van der Waals surface area contributed by atoms with E-state index in [0.29, 0.717) is 0 Å². The predicted molar refractivity (Wildman–Crippen MR) is 47.8 cm³/mol. The number of aliphatic imine (C=N–C) groups is 1. The molecule has 0 radical (unpaired) electrons. The van der Waals surface area contributed by atoms with Crippen LogP contribution in [0, 0.1) is 0 Å². The van der Waals surface area contributed by atoms with Crippen LogP contribution in [0.3, 0.4) is 0 Å². The minimum absolute atomic E-state index is 0.0847. The van der Waals surface area contributed by atoms with Crippen LogP contribution in [0.2, 0.25) is 0 Å². The number of nitrogens with zero attached hydrogens (tertiary/aromatic N) is 3. The van der Waals surface area contributed by atoms with Crippen molar-refractivity contribution in [2.24, 2.45) is 22.2 Å². The summed E-state index contributed by atoms with van der Waals surface area (Å²) in [7, 11) is 0. The highest BCUT2D eigenvalue weighted by molar-refractivity contribution is 6.34. The summed E-state index contributed by atoms with van der Waals surface area (Å²) in [5.74, 6) is -0.0847. The molecule has 0 saturated heterocycles. The molecule has 0 aromatic rings. The number of alkyl halides is 1. The first kappa shape index (κ1) is 10.1. The monoisotopic (exact) mass is 232 g/mol. The number of rotatable bonds is 0. The summed E-state index contributed by atoms with van der Waals surface area (Å²) in [6.45, 7) is 0. The largest absolute Gasteiger partial charge is 0.369 e. The average Bonchev–Trinajstić information content (AvgIpc) is 1.99. The summed E-state index contributed by atoms with van der Waals surface area (Å²) in [5.41, 5.74) is 16.2. The van der Waals surface area contributed by atoms with Crippen LogP contribution in [0.15, 0.2) is 4.99 Å². The van der Waals surface area contributed by atoms with Crippen LogP contribution in [0.4, 0.5) is 0 Å². The molecule has 6 nitrogen and oxygen atoms in total. The first-order valence-corrected chi connectivity index (χ1v) is 3.90. The van der Waals surface area contributed by atoms with E-state index in [2.05, 4.69) is 4.99 Å². The van der Waals surface area contributed by atoms with Gasteiger partial charge < -0.3 is 5.73 Å². The molecule has 0 aliphatic carbocycles. The van der Waals surface area contributed by atoms with E-state index in [-0.39, 0.29) is 5.96 Å². The molecule has 2 unspecified atom stereocenters. The number of nitrogens with two attached hydrogens (primary N) is 3. The van der Waals surface area contributed by atoms with Gasteiger partial charge in [0.1, 0.15) is 0 Å². The fraction of sp³-hybridized carbons (Fsp3) is 0.667. The second-order valence-electron chi connectivity index (χ2n) is 2.13. The fourth-order valence-corrected chi connectivity index (χ4v) is 1.14. The maximum absolute atomic E-state index is 5.69. The zero-order chi connectivity index (χ0) is 9.52. The number of hydrogen-bond acceptors (Lipinski definition) is 6. The van der Waals surface area contributed by atoms with E-state index in [4.69, 9.17) is 52.4 Å². The van der Waals surface area contributed by atoms with Crippen molar-refractivity contribution in [3.63, 3.8) is 0 Å². The predicted octanol–water partition coefficient (Wildman–Crippen LogP) is -0.723. The van der Waals surface area contributed by atoms with Gasteiger partial charge in [-0.05, 0) is 11.8 Å². The SMILES string of the molecule is NC1=NC(N)N(Cl)C(N)(Cl)N1Cl. The Labute approximate surface area is 84.0 Å². The van der Waals surface area contributed by atoms with Crippen molar-refractivity contribution in [3.8, 4) is 0 Å². The van der Waals surface area contributed by atoms with Gasteiger partial charge in [0.05, 0.1) is 0 Å². The molecule has 70 valence electrons. The lowest BCUT2D eigenvalue weighted by molar-refractivity contribution is 0.142. The third-order valence-corrected chi connectivity index (χ3v) is 2.69. The third-order valence-electron chi connectivity index (χ3n) is 1.27. The zero-order valence-corrected chi connectivity index (χ0v) is 8.05. The maximum atomic E-state index is 5.69. The first-order valence-electron chi connectivity index (χ1n) is 2.85. The molecule has 12 heavy (non-hydrogen) atoms. The van der Waals surface area contributed by atoms with E-state index < -0.39 is 11.5 Å². The second-order valence-corrected chi connectivity index (χ2v) is 3.39.